The smallest absolute Gasteiger partial charge is 0.270 e. The molecular weight excluding hydrogens is 791 g/mol. The van der Waals surface area contributed by atoms with Gasteiger partial charge in [-0.05, 0) is 78.5 Å². The Morgan fingerprint density at radius 3 is 1.61 bits per heavy atom. The van der Waals surface area contributed by atoms with Crippen molar-refractivity contribution in [2.24, 2.45) is 5.73 Å². The summed E-state index contributed by atoms with van der Waals surface area (Å²) in [6, 6.07) is 32.5. The van der Waals surface area contributed by atoms with Gasteiger partial charge in [0, 0.05) is 73.1 Å². The van der Waals surface area contributed by atoms with Crippen molar-refractivity contribution in [2.75, 3.05) is 20.8 Å². The van der Waals surface area contributed by atoms with Gasteiger partial charge >= 0.3 is 0 Å². The Bertz CT molecular complexity index is 2630. The van der Waals surface area contributed by atoms with Crippen molar-refractivity contribution in [3.8, 4) is 39.8 Å². The van der Waals surface area contributed by atoms with Gasteiger partial charge in [0.1, 0.15) is 11.5 Å². The monoisotopic (exact) mass is 843 g/mol. The van der Waals surface area contributed by atoms with Gasteiger partial charge in [0.05, 0.1) is 48.8 Å². The number of aromatic nitrogens is 2. The molecule has 324 valence electrons. The SMILES string of the molecule is C.C.COc1ccc(Cn2ccc(C#N)cc2=O)cc1-c1cccc([N+](=O)[O-])c1.COc1ccc(Cn2ccc(CN)cc2=O)cc1-c1cccc([N+](=O)[O-])c1.[BH3-]C1CCCO1. The van der Waals surface area contributed by atoms with Crippen molar-refractivity contribution in [3.63, 3.8) is 0 Å². The lowest BCUT2D eigenvalue weighted by Crippen LogP contribution is -2.20. The number of hydrogen-bond donors (Lipinski definition) is 1. The lowest BCUT2D eigenvalue weighted by Gasteiger charge is -2.12. The van der Waals surface area contributed by atoms with Gasteiger partial charge in [-0.25, -0.2) is 0 Å². The molecule has 1 aliphatic heterocycles. The van der Waals surface area contributed by atoms with Crippen molar-refractivity contribution in [2.45, 2.75) is 53.3 Å². The van der Waals surface area contributed by atoms with Gasteiger partial charge in [-0.1, -0.05) is 63.7 Å². The molecule has 2 aromatic heterocycles. The van der Waals surface area contributed by atoms with Crippen molar-refractivity contribution >= 4 is 19.2 Å². The Hall–Kier alpha value is -7.35. The van der Waals surface area contributed by atoms with Crippen LogP contribution in [0.1, 0.15) is 49.9 Å². The Morgan fingerprint density at radius 1 is 0.742 bits per heavy atom. The van der Waals surface area contributed by atoms with Gasteiger partial charge in [0.15, 0.2) is 0 Å². The van der Waals surface area contributed by atoms with Gasteiger partial charge in [-0.2, -0.15) is 5.26 Å². The largest absolute Gasteiger partial charge is 0.496 e. The average Bonchev–Trinajstić information content (AvgIpc) is 3.76. The predicted molar refractivity (Wildman–Crippen MR) is 245 cm³/mol. The van der Waals surface area contributed by atoms with Crippen LogP contribution in [0, 0.1) is 31.6 Å². The summed E-state index contributed by atoms with van der Waals surface area (Å²) in [5, 5.41) is 31.0. The molecule has 0 radical (unpaired) electrons. The molecule has 1 unspecified atom stereocenters. The van der Waals surface area contributed by atoms with Gasteiger partial charge < -0.3 is 29.1 Å². The van der Waals surface area contributed by atoms with Crippen LogP contribution in [-0.4, -0.2) is 53.7 Å². The highest BCUT2D eigenvalue weighted by Crippen LogP contribution is 2.34. The molecule has 4 aromatic carbocycles. The Morgan fingerprint density at radius 2 is 1.24 bits per heavy atom. The summed E-state index contributed by atoms with van der Waals surface area (Å²) in [5.74, 6) is 1.18. The van der Waals surface area contributed by atoms with Crippen LogP contribution in [0.25, 0.3) is 22.3 Å². The van der Waals surface area contributed by atoms with E-state index >= 15 is 0 Å². The van der Waals surface area contributed by atoms with Crippen LogP contribution in [0.4, 0.5) is 11.4 Å². The first-order valence-corrected chi connectivity index (χ1v) is 18.3. The molecule has 0 bridgehead atoms. The normalized spacial score (nSPS) is 12.4. The van der Waals surface area contributed by atoms with Gasteiger partial charge in [0.2, 0.25) is 0 Å². The maximum Gasteiger partial charge on any atom is 0.270 e. The van der Waals surface area contributed by atoms with Gasteiger partial charge in [-0.3, -0.25) is 29.8 Å². The minimum absolute atomic E-state index is 0. The molecule has 0 amide bonds. The van der Waals surface area contributed by atoms with Crippen molar-refractivity contribution in [3.05, 3.63) is 185 Å². The van der Waals surface area contributed by atoms with E-state index in [2.05, 4.69) is 0 Å². The van der Waals surface area contributed by atoms with Crippen LogP contribution in [0.3, 0.4) is 0 Å². The number of methoxy groups -OCH3 is 2. The molecule has 62 heavy (non-hydrogen) atoms. The van der Waals surface area contributed by atoms with Crippen LogP contribution in [-0.2, 0) is 24.4 Å². The zero-order valence-corrected chi connectivity index (χ0v) is 32.4. The average molecular weight is 844 g/mol. The molecule has 7 rings (SSSR count). The molecule has 6 aromatic rings. The van der Waals surface area contributed by atoms with E-state index in [-0.39, 0.29) is 37.3 Å². The van der Waals surface area contributed by atoms with E-state index in [1.807, 2.05) is 36.4 Å². The first-order valence-electron chi connectivity index (χ1n) is 18.3. The third-order valence-corrected chi connectivity index (χ3v) is 9.09. The quantitative estimate of drug-likeness (QED) is 0.0794. The lowest BCUT2D eigenvalue weighted by molar-refractivity contribution is -0.385. The third kappa shape index (κ3) is 13.1. The first-order chi connectivity index (χ1) is 28.9. The molecule has 3 heterocycles. The second kappa shape index (κ2) is 23.4. The third-order valence-electron chi connectivity index (χ3n) is 9.09. The van der Waals surface area contributed by atoms with Crippen LogP contribution in [0.15, 0.2) is 131 Å². The summed E-state index contributed by atoms with van der Waals surface area (Å²) in [6.45, 7) is 2.04. The topological polar surface area (TPSA) is 208 Å². The highest BCUT2D eigenvalue weighted by atomic mass is 16.6. The molecule has 16 heteroatoms. The maximum absolute atomic E-state index is 12.2. The first kappa shape index (κ1) is 49.0. The number of nitrogens with zero attached hydrogens (tertiary/aromatic N) is 5. The summed E-state index contributed by atoms with van der Waals surface area (Å²) in [5.41, 5.74) is 10.7. The lowest BCUT2D eigenvalue weighted by atomic mass is 9.98. The highest BCUT2D eigenvalue weighted by Gasteiger charge is 2.14. The highest BCUT2D eigenvalue weighted by molar-refractivity contribution is 6.11. The number of nitriles is 1. The van der Waals surface area contributed by atoms with Crippen LogP contribution < -0.4 is 26.3 Å². The van der Waals surface area contributed by atoms with E-state index in [1.165, 1.54) is 60.9 Å². The van der Waals surface area contributed by atoms with E-state index in [0.717, 1.165) is 34.9 Å². The Kier molecular flexibility index (Phi) is 18.5. The van der Waals surface area contributed by atoms with Crippen molar-refractivity contribution in [1.82, 2.24) is 9.13 Å². The van der Waals surface area contributed by atoms with Gasteiger partial charge in [-0.15, -0.1) is 0 Å². The molecule has 0 spiro atoms. The minimum atomic E-state index is -0.448. The van der Waals surface area contributed by atoms with Gasteiger partial charge in [0.25, 0.3) is 22.5 Å². The second-order valence-electron chi connectivity index (χ2n) is 13.1. The number of non-ortho nitro benzene ring substituents is 2. The predicted octanol–water partition coefficient (Wildman–Crippen LogP) is 7.05. The fourth-order valence-electron chi connectivity index (χ4n) is 6.06. The number of pyridine rings is 2. The van der Waals surface area contributed by atoms with Crippen LogP contribution >= 0.6 is 0 Å². The minimum Gasteiger partial charge on any atom is -0.496 e. The zero-order valence-electron chi connectivity index (χ0n) is 32.4. The number of benzene rings is 4. The summed E-state index contributed by atoms with van der Waals surface area (Å²) in [7, 11) is 3.60. The Balaban J connectivity index is 0.000000282. The Labute approximate surface area is 361 Å². The summed E-state index contributed by atoms with van der Waals surface area (Å²) >= 11 is 0. The zero-order chi connectivity index (χ0) is 43.2. The second-order valence-corrected chi connectivity index (χ2v) is 13.1. The van der Waals surface area contributed by atoms with E-state index in [1.54, 1.807) is 66.5 Å². The van der Waals surface area contributed by atoms with E-state index in [0.29, 0.717) is 61.2 Å². The van der Waals surface area contributed by atoms with E-state index in [4.69, 9.17) is 25.2 Å². The van der Waals surface area contributed by atoms with Crippen molar-refractivity contribution in [1.29, 1.82) is 5.26 Å². The molecule has 1 atom stereocenters. The summed E-state index contributed by atoms with van der Waals surface area (Å²) in [4.78, 5) is 45.6. The van der Waals surface area contributed by atoms with Crippen molar-refractivity contribution < 1.29 is 24.1 Å². The molecule has 1 saturated heterocycles. The molecule has 1 aliphatic rings. The number of nitrogens with two attached hydrogens (primary N) is 1. The molecule has 0 saturated carbocycles. The number of nitro groups is 2. The standard InChI is InChI=1S/C20H19N3O4.C20H15N3O4.C4H10BO.2CH4/c2*1-27-19-6-5-15(13-22-8-7-14(12-21)10-20(22)24)9-18(19)16-3-2-4-17(11-16)23(25)26;5-4-2-1-3-6-4;;/h2-11H,12-13,21H2,1H3;2-11H,13H2,1H3;4H,1-3H2,5H3;2*1H4/q;;-1;;. The van der Waals surface area contributed by atoms with Crippen LogP contribution in [0.5, 0.6) is 11.5 Å². The van der Waals surface area contributed by atoms with Crippen LogP contribution in [0.2, 0.25) is 0 Å². The molecule has 15 nitrogen and oxygen atoms in total. The fraction of sp³-hybridized carbons (Fsp3) is 0.239. The number of ether oxygens (including phenoxy) is 3. The molecular formula is C46H52BN6O9-. The van der Waals surface area contributed by atoms with E-state index in [9.17, 15) is 29.8 Å². The fourth-order valence-corrected chi connectivity index (χ4v) is 6.06. The number of hydrogen-bond acceptors (Lipinski definition) is 11. The summed E-state index contributed by atoms with van der Waals surface area (Å²) < 4.78 is 19.1. The molecule has 2 N–H and O–H groups in total. The maximum atomic E-state index is 12.2. The summed E-state index contributed by atoms with van der Waals surface area (Å²) in [6.07, 6.45) is 5.98. The number of rotatable bonds is 11. The molecule has 0 aliphatic carbocycles. The molecule has 1 fully saturated rings. The van der Waals surface area contributed by atoms with E-state index < -0.39 is 9.85 Å². The number of nitro benzene ring substituents is 2.